The molecule has 1 fully saturated rings. The average Bonchev–Trinajstić information content (AvgIpc) is 3.22. The molecule has 2 amide bonds. The van der Waals surface area contributed by atoms with Crippen LogP contribution in [0.4, 0.5) is 10.7 Å². The van der Waals surface area contributed by atoms with Crippen molar-refractivity contribution in [2.75, 3.05) is 5.32 Å². The minimum absolute atomic E-state index is 0.0377. The first kappa shape index (κ1) is 16.3. The number of urea groups is 1. The van der Waals surface area contributed by atoms with Crippen LogP contribution in [0.25, 0.3) is 0 Å². The van der Waals surface area contributed by atoms with E-state index in [1.54, 1.807) is 22.5 Å². The summed E-state index contributed by atoms with van der Waals surface area (Å²) in [6.45, 7) is 4.39. The smallest absolute Gasteiger partial charge is 0.321 e. The predicted molar refractivity (Wildman–Crippen MR) is 87.9 cm³/mol. The maximum absolute atomic E-state index is 12.3. The number of ether oxygens (including phenoxy) is 1. The number of aryl methyl sites for hydroxylation is 3. The molecule has 2 atom stereocenters. The number of nitrogens with zero attached hydrogens (tertiary/aromatic N) is 5. The van der Waals surface area contributed by atoms with Crippen LogP contribution in [0.2, 0.25) is 0 Å². The summed E-state index contributed by atoms with van der Waals surface area (Å²) in [6.07, 6.45) is 6.26. The summed E-state index contributed by atoms with van der Waals surface area (Å²) < 4.78 is 9.30. The molecule has 2 heterocycles. The summed E-state index contributed by atoms with van der Waals surface area (Å²) in [7, 11) is 1.84. The van der Waals surface area contributed by atoms with Crippen LogP contribution in [-0.4, -0.2) is 42.7 Å². The van der Waals surface area contributed by atoms with Crippen molar-refractivity contribution in [3.63, 3.8) is 0 Å². The van der Waals surface area contributed by atoms with Crippen molar-refractivity contribution in [1.82, 2.24) is 29.9 Å². The second-order valence-corrected chi connectivity index (χ2v) is 5.94. The Balaban J connectivity index is 1.58. The lowest BCUT2D eigenvalue weighted by molar-refractivity contribution is 0.175. The molecule has 1 aliphatic carbocycles. The lowest BCUT2D eigenvalue weighted by Crippen LogP contribution is -2.44. The van der Waals surface area contributed by atoms with Crippen LogP contribution in [-0.2, 0) is 13.6 Å². The molecule has 9 heteroatoms. The Labute approximate surface area is 140 Å². The maximum atomic E-state index is 12.3. The van der Waals surface area contributed by atoms with E-state index in [2.05, 4.69) is 25.8 Å². The van der Waals surface area contributed by atoms with E-state index >= 15 is 0 Å². The standard InChI is InChI=1S/C15H23N7O2/c1-4-22-14(17-10(2)20-22)19-15(23)18-12-6-5-7-13(12)24-11-8-16-21(3)9-11/h8-9,12-13H,4-7H2,1-3H3,(H2,17,18,19,20,23)/t12-,13+/m1/s1. The molecule has 0 saturated heterocycles. The number of rotatable bonds is 5. The van der Waals surface area contributed by atoms with Gasteiger partial charge in [0, 0.05) is 13.6 Å². The van der Waals surface area contributed by atoms with Crippen LogP contribution < -0.4 is 15.4 Å². The van der Waals surface area contributed by atoms with E-state index in [1.165, 1.54) is 0 Å². The summed E-state index contributed by atoms with van der Waals surface area (Å²) >= 11 is 0. The van der Waals surface area contributed by atoms with Crippen molar-refractivity contribution in [2.24, 2.45) is 7.05 Å². The van der Waals surface area contributed by atoms with Gasteiger partial charge in [-0.3, -0.25) is 10.00 Å². The number of hydrogen-bond donors (Lipinski definition) is 2. The number of carbonyl (C=O) groups is 1. The molecule has 0 aliphatic heterocycles. The van der Waals surface area contributed by atoms with Gasteiger partial charge < -0.3 is 10.1 Å². The van der Waals surface area contributed by atoms with E-state index in [1.807, 2.05) is 20.2 Å². The van der Waals surface area contributed by atoms with E-state index in [4.69, 9.17) is 4.74 Å². The normalized spacial score (nSPS) is 20.1. The average molecular weight is 333 g/mol. The molecular formula is C15H23N7O2. The fourth-order valence-electron chi connectivity index (χ4n) is 2.94. The first-order valence-electron chi connectivity index (χ1n) is 8.19. The highest BCUT2D eigenvalue weighted by Gasteiger charge is 2.31. The largest absolute Gasteiger partial charge is 0.485 e. The van der Waals surface area contributed by atoms with E-state index in [9.17, 15) is 4.79 Å². The lowest BCUT2D eigenvalue weighted by atomic mass is 10.2. The van der Waals surface area contributed by atoms with Crippen molar-refractivity contribution in [3.05, 3.63) is 18.2 Å². The molecule has 0 bridgehead atoms. The molecule has 24 heavy (non-hydrogen) atoms. The molecule has 1 aliphatic rings. The van der Waals surface area contributed by atoms with Gasteiger partial charge in [-0.25, -0.2) is 9.48 Å². The SMILES string of the molecule is CCn1nc(C)nc1NC(=O)N[C@@H]1CCC[C@@H]1Oc1cnn(C)c1. The summed E-state index contributed by atoms with van der Waals surface area (Å²) in [5, 5.41) is 14.1. The van der Waals surface area contributed by atoms with E-state index < -0.39 is 0 Å². The molecule has 1 saturated carbocycles. The number of aromatic nitrogens is 5. The Morgan fingerprint density at radius 3 is 3.00 bits per heavy atom. The van der Waals surface area contributed by atoms with Crippen LogP contribution in [0.3, 0.4) is 0 Å². The van der Waals surface area contributed by atoms with Crippen LogP contribution in [0.1, 0.15) is 32.0 Å². The number of hydrogen-bond acceptors (Lipinski definition) is 5. The second-order valence-electron chi connectivity index (χ2n) is 5.94. The zero-order chi connectivity index (χ0) is 17.1. The van der Waals surface area contributed by atoms with Gasteiger partial charge in [0.2, 0.25) is 5.95 Å². The van der Waals surface area contributed by atoms with Crippen LogP contribution in [0.5, 0.6) is 5.75 Å². The van der Waals surface area contributed by atoms with Gasteiger partial charge in [0.1, 0.15) is 11.9 Å². The Bertz CT molecular complexity index is 708. The second kappa shape index (κ2) is 6.90. The minimum atomic E-state index is -0.288. The molecule has 2 N–H and O–H groups in total. The van der Waals surface area contributed by atoms with Crippen molar-refractivity contribution >= 4 is 12.0 Å². The molecule has 3 rings (SSSR count). The highest BCUT2D eigenvalue weighted by atomic mass is 16.5. The molecule has 9 nitrogen and oxygen atoms in total. The Morgan fingerprint density at radius 2 is 2.29 bits per heavy atom. The molecule has 0 unspecified atom stereocenters. The van der Waals surface area contributed by atoms with E-state index in [0.717, 1.165) is 25.0 Å². The quantitative estimate of drug-likeness (QED) is 0.863. The lowest BCUT2D eigenvalue weighted by Gasteiger charge is -2.21. The van der Waals surface area contributed by atoms with Gasteiger partial charge in [-0.05, 0) is 33.1 Å². The minimum Gasteiger partial charge on any atom is -0.485 e. The van der Waals surface area contributed by atoms with Crippen LogP contribution >= 0.6 is 0 Å². The summed E-state index contributed by atoms with van der Waals surface area (Å²) in [5.41, 5.74) is 0. The van der Waals surface area contributed by atoms with Crippen molar-refractivity contribution in [1.29, 1.82) is 0 Å². The van der Waals surface area contributed by atoms with Gasteiger partial charge in [-0.15, -0.1) is 0 Å². The van der Waals surface area contributed by atoms with Crippen molar-refractivity contribution in [3.8, 4) is 5.75 Å². The monoisotopic (exact) mass is 333 g/mol. The zero-order valence-electron chi connectivity index (χ0n) is 14.2. The number of nitrogens with one attached hydrogen (secondary N) is 2. The van der Waals surface area contributed by atoms with Crippen molar-refractivity contribution in [2.45, 2.75) is 51.8 Å². The number of amides is 2. The zero-order valence-corrected chi connectivity index (χ0v) is 14.2. The van der Waals surface area contributed by atoms with Gasteiger partial charge >= 0.3 is 6.03 Å². The third-order valence-corrected chi connectivity index (χ3v) is 4.04. The third kappa shape index (κ3) is 3.66. The van der Waals surface area contributed by atoms with Gasteiger partial charge in [0.05, 0.1) is 18.4 Å². The third-order valence-electron chi connectivity index (χ3n) is 4.04. The summed E-state index contributed by atoms with van der Waals surface area (Å²) in [4.78, 5) is 16.5. The first-order valence-corrected chi connectivity index (χ1v) is 8.19. The summed E-state index contributed by atoms with van der Waals surface area (Å²) in [5.74, 6) is 1.80. The summed E-state index contributed by atoms with van der Waals surface area (Å²) in [6, 6.07) is -0.326. The molecule has 2 aromatic rings. The topological polar surface area (TPSA) is 98.9 Å². The van der Waals surface area contributed by atoms with Crippen LogP contribution in [0, 0.1) is 6.92 Å². The Morgan fingerprint density at radius 1 is 1.46 bits per heavy atom. The van der Waals surface area contributed by atoms with Gasteiger partial charge in [0.15, 0.2) is 5.75 Å². The fraction of sp³-hybridized carbons (Fsp3) is 0.600. The number of carbonyl (C=O) groups excluding carboxylic acids is 1. The van der Waals surface area contributed by atoms with E-state index in [-0.39, 0.29) is 18.2 Å². The predicted octanol–water partition coefficient (Wildman–Crippen LogP) is 1.46. The van der Waals surface area contributed by atoms with Crippen LogP contribution in [0.15, 0.2) is 12.4 Å². The fourth-order valence-corrected chi connectivity index (χ4v) is 2.94. The maximum Gasteiger partial charge on any atom is 0.321 e. The Hall–Kier alpha value is -2.58. The van der Waals surface area contributed by atoms with E-state index in [0.29, 0.717) is 18.3 Å². The van der Waals surface area contributed by atoms with Gasteiger partial charge in [-0.1, -0.05) is 0 Å². The Kier molecular flexibility index (Phi) is 4.68. The first-order chi connectivity index (χ1) is 11.5. The highest BCUT2D eigenvalue weighted by Crippen LogP contribution is 2.24. The molecule has 0 spiro atoms. The molecular weight excluding hydrogens is 310 g/mol. The number of anilines is 1. The molecule has 0 aromatic carbocycles. The molecule has 130 valence electrons. The highest BCUT2D eigenvalue weighted by molar-refractivity contribution is 5.87. The van der Waals surface area contributed by atoms with Gasteiger partial charge in [-0.2, -0.15) is 15.2 Å². The van der Waals surface area contributed by atoms with Crippen molar-refractivity contribution < 1.29 is 9.53 Å². The van der Waals surface area contributed by atoms with Gasteiger partial charge in [0.25, 0.3) is 0 Å². The molecule has 2 aromatic heterocycles. The molecule has 0 radical (unpaired) electrons.